The summed E-state index contributed by atoms with van der Waals surface area (Å²) >= 11 is 0. The van der Waals surface area contributed by atoms with E-state index < -0.39 is 0 Å². The first-order chi connectivity index (χ1) is 9.33. The molecular weight excluding hydrogens is 242 g/mol. The van der Waals surface area contributed by atoms with Crippen LogP contribution in [0.4, 0.5) is 11.5 Å². The lowest BCUT2D eigenvalue weighted by atomic mass is 10.1. The number of hydrogen-bond acceptors (Lipinski definition) is 5. The summed E-state index contributed by atoms with van der Waals surface area (Å²) in [5.74, 6) is 0.930. The van der Waals surface area contributed by atoms with Crippen molar-refractivity contribution in [3.05, 3.63) is 18.3 Å². The zero-order valence-corrected chi connectivity index (χ0v) is 11.3. The third-order valence-electron chi connectivity index (χ3n) is 3.83. The van der Waals surface area contributed by atoms with Gasteiger partial charge in [0.1, 0.15) is 5.82 Å². The minimum absolute atomic E-state index is 0.265. The highest BCUT2D eigenvalue weighted by Gasteiger charge is 2.24. The van der Waals surface area contributed by atoms with E-state index in [0.29, 0.717) is 6.04 Å². The standard InChI is InChI=1S/C14H21N3O2/c1-11-13(4-7-19-11)16-14-3-2-12(10-15-14)17-5-8-18-9-6-17/h2-3,10-11,13H,4-9H2,1H3,(H,15,16)/t11-,13+/m0/s1. The second-order valence-electron chi connectivity index (χ2n) is 5.12. The van der Waals surface area contributed by atoms with Gasteiger partial charge >= 0.3 is 0 Å². The number of aromatic nitrogens is 1. The van der Waals surface area contributed by atoms with Crippen LogP contribution in [0.25, 0.3) is 0 Å². The van der Waals surface area contributed by atoms with Crippen molar-refractivity contribution in [2.45, 2.75) is 25.5 Å². The fourth-order valence-electron chi connectivity index (χ4n) is 2.59. The normalized spacial score (nSPS) is 27.5. The lowest BCUT2D eigenvalue weighted by molar-refractivity contribution is 0.121. The van der Waals surface area contributed by atoms with Gasteiger partial charge in [-0.3, -0.25) is 0 Å². The second kappa shape index (κ2) is 5.75. The monoisotopic (exact) mass is 263 g/mol. The topological polar surface area (TPSA) is 46.6 Å². The van der Waals surface area contributed by atoms with Crippen LogP contribution in [0.1, 0.15) is 13.3 Å². The summed E-state index contributed by atoms with van der Waals surface area (Å²) in [5, 5.41) is 3.44. The van der Waals surface area contributed by atoms with Crippen molar-refractivity contribution in [3.8, 4) is 0 Å². The van der Waals surface area contributed by atoms with E-state index in [4.69, 9.17) is 9.47 Å². The van der Waals surface area contributed by atoms with Crippen molar-refractivity contribution in [1.29, 1.82) is 0 Å². The van der Waals surface area contributed by atoms with Crippen LogP contribution in [0.15, 0.2) is 18.3 Å². The van der Waals surface area contributed by atoms with Crippen LogP contribution in [0.3, 0.4) is 0 Å². The Labute approximate surface area is 113 Å². The van der Waals surface area contributed by atoms with E-state index in [0.717, 1.165) is 45.1 Å². The molecule has 2 atom stereocenters. The van der Waals surface area contributed by atoms with E-state index >= 15 is 0 Å². The van der Waals surface area contributed by atoms with E-state index in [1.54, 1.807) is 0 Å². The van der Waals surface area contributed by atoms with Crippen molar-refractivity contribution in [2.75, 3.05) is 43.1 Å². The Kier molecular flexibility index (Phi) is 3.84. The lowest BCUT2D eigenvalue weighted by Crippen LogP contribution is -2.36. The van der Waals surface area contributed by atoms with E-state index in [1.165, 1.54) is 5.69 Å². The molecule has 0 aromatic carbocycles. The highest BCUT2D eigenvalue weighted by molar-refractivity contribution is 5.50. The van der Waals surface area contributed by atoms with Gasteiger partial charge in [0.15, 0.2) is 0 Å². The smallest absolute Gasteiger partial charge is 0.126 e. The van der Waals surface area contributed by atoms with Gasteiger partial charge in [0.25, 0.3) is 0 Å². The van der Waals surface area contributed by atoms with E-state index in [1.807, 2.05) is 6.20 Å². The van der Waals surface area contributed by atoms with Crippen molar-refractivity contribution < 1.29 is 9.47 Å². The van der Waals surface area contributed by atoms with Gasteiger partial charge in [0, 0.05) is 19.7 Å². The third kappa shape index (κ3) is 2.98. The quantitative estimate of drug-likeness (QED) is 0.895. The maximum absolute atomic E-state index is 5.54. The Bertz CT molecular complexity index is 404. The van der Waals surface area contributed by atoms with Gasteiger partial charge in [-0.1, -0.05) is 0 Å². The molecule has 1 N–H and O–H groups in total. The minimum Gasteiger partial charge on any atom is -0.378 e. The van der Waals surface area contributed by atoms with Gasteiger partial charge < -0.3 is 19.7 Å². The van der Waals surface area contributed by atoms with Crippen molar-refractivity contribution in [3.63, 3.8) is 0 Å². The van der Waals surface area contributed by atoms with E-state index in [-0.39, 0.29) is 6.10 Å². The molecule has 2 saturated heterocycles. The van der Waals surface area contributed by atoms with E-state index in [9.17, 15) is 0 Å². The lowest BCUT2D eigenvalue weighted by Gasteiger charge is -2.28. The second-order valence-corrected chi connectivity index (χ2v) is 5.12. The highest BCUT2D eigenvalue weighted by atomic mass is 16.5. The SMILES string of the molecule is C[C@@H]1OCC[C@H]1Nc1ccc(N2CCOCC2)cn1. The summed E-state index contributed by atoms with van der Waals surface area (Å²) < 4.78 is 10.9. The Hall–Kier alpha value is -1.33. The molecule has 5 heteroatoms. The molecule has 3 rings (SSSR count). The zero-order chi connectivity index (χ0) is 13.1. The van der Waals surface area contributed by atoms with Gasteiger partial charge in [-0.25, -0.2) is 4.98 Å². The molecule has 1 aromatic rings. The first kappa shape index (κ1) is 12.7. The molecule has 0 amide bonds. The van der Waals surface area contributed by atoms with E-state index in [2.05, 4.69) is 34.3 Å². The number of morpholine rings is 1. The van der Waals surface area contributed by atoms with Crippen LogP contribution in [-0.4, -0.2) is 50.0 Å². The Morgan fingerprint density at radius 1 is 1.26 bits per heavy atom. The summed E-state index contributed by atoms with van der Waals surface area (Å²) in [6, 6.07) is 4.55. The molecule has 0 bridgehead atoms. The van der Waals surface area contributed by atoms with Gasteiger partial charge in [-0.15, -0.1) is 0 Å². The van der Waals surface area contributed by atoms with Crippen LogP contribution in [-0.2, 0) is 9.47 Å². The first-order valence-electron chi connectivity index (χ1n) is 7.00. The molecule has 0 radical (unpaired) electrons. The molecule has 3 heterocycles. The average molecular weight is 263 g/mol. The average Bonchev–Trinajstić information content (AvgIpc) is 2.86. The van der Waals surface area contributed by atoms with Crippen molar-refractivity contribution in [1.82, 2.24) is 4.98 Å². The van der Waals surface area contributed by atoms with Gasteiger partial charge in [0.05, 0.1) is 37.2 Å². The van der Waals surface area contributed by atoms with Crippen molar-refractivity contribution in [2.24, 2.45) is 0 Å². The molecule has 0 saturated carbocycles. The summed E-state index contributed by atoms with van der Waals surface area (Å²) in [5.41, 5.74) is 1.17. The number of ether oxygens (including phenoxy) is 2. The minimum atomic E-state index is 0.265. The number of nitrogens with one attached hydrogen (secondary N) is 1. The number of rotatable bonds is 3. The fourth-order valence-corrected chi connectivity index (χ4v) is 2.59. The van der Waals surface area contributed by atoms with Gasteiger partial charge in [-0.05, 0) is 25.5 Å². The number of nitrogens with zero attached hydrogens (tertiary/aromatic N) is 2. The van der Waals surface area contributed by atoms with Gasteiger partial charge in [0.2, 0.25) is 0 Å². The number of pyridine rings is 1. The molecule has 5 nitrogen and oxygen atoms in total. The molecule has 2 fully saturated rings. The maximum Gasteiger partial charge on any atom is 0.126 e. The summed E-state index contributed by atoms with van der Waals surface area (Å²) in [7, 11) is 0. The van der Waals surface area contributed by atoms with Crippen LogP contribution < -0.4 is 10.2 Å². The Morgan fingerprint density at radius 2 is 2.11 bits per heavy atom. The molecule has 2 aliphatic rings. The van der Waals surface area contributed by atoms with Crippen LogP contribution in [0.5, 0.6) is 0 Å². The summed E-state index contributed by atoms with van der Waals surface area (Å²) in [4.78, 5) is 6.81. The molecule has 0 spiro atoms. The predicted octanol–water partition coefficient (Wildman–Crippen LogP) is 1.51. The third-order valence-corrected chi connectivity index (χ3v) is 3.83. The summed E-state index contributed by atoms with van der Waals surface area (Å²) in [6.07, 6.45) is 3.25. The molecule has 19 heavy (non-hydrogen) atoms. The van der Waals surface area contributed by atoms with Crippen LogP contribution >= 0.6 is 0 Å². The molecule has 104 valence electrons. The molecule has 2 aliphatic heterocycles. The molecule has 1 aromatic heterocycles. The molecular formula is C14H21N3O2. The largest absolute Gasteiger partial charge is 0.378 e. The Balaban J connectivity index is 1.61. The maximum atomic E-state index is 5.54. The van der Waals surface area contributed by atoms with Crippen molar-refractivity contribution >= 4 is 11.5 Å². The zero-order valence-electron chi connectivity index (χ0n) is 11.3. The predicted molar refractivity (Wildman–Crippen MR) is 74.7 cm³/mol. The molecule has 0 aliphatic carbocycles. The van der Waals surface area contributed by atoms with Crippen LogP contribution in [0, 0.1) is 0 Å². The first-order valence-corrected chi connectivity index (χ1v) is 7.00. The van der Waals surface area contributed by atoms with Crippen LogP contribution in [0.2, 0.25) is 0 Å². The van der Waals surface area contributed by atoms with Gasteiger partial charge in [-0.2, -0.15) is 0 Å². The number of anilines is 2. The molecule has 0 unspecified atom stereocenters. The highest BCUT2D eigenvalue weighted by Crippen LogP contribution is 2.20. The summed E-state index contributed by atoms with van der Waals surface area (Å²) in [6.45, 7) is 6.44. The Morgan fingerprint density at radius 3 is 2.74 bits per heavy atom. The number of hydrogen-bond donors (Lipinski definition) is 1. The fraction of sp³-hybridized carbons (Fsp3) is 0.643.